The van der Waals surface area contributed by atoms with Gasteiger partial charge in [0.25, 0.3) is 0 Å². The number of nitriles is 1. The first-order valence-electron chi connectivity index (χ1n) is 5.92. The van der Waals surface area contributed by atoms with Crippen LogP contribution in [-0.2, 0) is 0 Å². The van der Waals surface area contributed by atoms with Gasteiger partial charge in [-0.05, 0) is 25.5 Å². The Bertz CT molecular complexity index is 630. The Labute approximate surface area is 112 Å². The van der Waals surface area contributed by atoms with Gasteiger partial charge in [-0.2, -0.15) is 5.26 Å². The van der Waals surface area contributed by atoms with Gasteiger partial charge < -0.3 is 4.90 Å². The quantitative estimate of drug-likeness (QED) is 0.673. The minimum absolute atomic E-state index is 0.505. The lowest BCUT2D eigenvalue weighted by Gasteiger charge is -2.21. The van der Waals surface area contributed by atoms with Crippen molar-refractivity contribution in [2.75, 3.05) is 17.3 Å². The summed E-state index contributed by atoms with van der Waals surface area (Å²) in [5, 5.41) is 11.2. The smallest absolute Gasteiger partial charge is 0.182 e. The molecule has 19 heavy (non-hydrogen) atoms. The predicted octanol–water partition coefficient (Wildman–Crippen LogP) is 2.75. The second-order valence-electron chi connectivity index (χ2n) is 4.24. The highest BCUT2D eigenvalue weighted by atomic mass is 15.2. The summed E-state index contributed by atoms with van der Waals surface area (Å²) in [6.45, 7) is 3.85. The second kappa shape index (κ2) is 5.36. The van der Waals surface area contributed by atoms with Crippen LogP contribution in [0.4, 0.5) is 17.3 Å². The van der Waals surface area contributed by atoms with E-state index in [0.717, 1.165) is 17.1 Å². The summed E-state index contributed by atoms with van der Waals surface area (Å²) in [5.41, 5.74) is 2.24. The van der Waals surface area contributed by atoms with Crippen molar-refractivity contribution in [2.45, 2.75) is 13.8 Å². The first-order chi connectivity index (χ1) is 9.11. The van der Waals surface area contributed by atoms with Gasteiger partial charge in [-0.1, -0.05) is 18.2 Å². The molecular formula is C14H15N5. The van der Waals surface area contributed by atoms with E-state index in [0.29, 0.717) is 11.6 Å². The van der Waals surface area contributed by atoms with Crippen LogP contribution in [0.5, 0.6) is 0 Å². The molecule has 2 rings (SSSR count). The first-order valence-corrected chi connectivity index (χ1v) is 5.92. The van der Waals surface area contributed by atoms with E-state index in [1.54, 1.807) is 13.0 Å². The summed E-state index contributed by atoms with van der Waals surface area (Å²) in [6.07, 6.45) is 1.87. The number of aryl methyl sites for hydroxylation is 2. The Balaban J connectivity index is 2.42. The molecule has 0 fully saturated rings. The Morgan fingerprint density at radius 2 is 1.95 bits per heavy atom. The molecule has 1 aromatic carbocycles. The number of aromatic nitrogens is 2. The van der Waals surface area contributed by atoms with Gasteiger partial charge in [0.2, 0.25) is 0 Å². The van der Waals surface area contributed by atoms with Crippen molar-refractivity contribution < 1.29 is 0 Å². The van der Waals surface area contributed by atoms with Crippen LogP contribution in [0, 0.1) is 25.3 Å². The third kappa shape index (κ3) is 2.80. The van der Waals surface area contributed by atoms with Crippen molar-refractivity contribution >= 4 is 17.3 Å². The second-order valence-corrected chi connectivity index (χ2v) is 4.24. The normalized spacial score (nSPS) is 9.79. The summed E-state index contributed by atoms with van der Waals surface area (Å²) < 4.78 is 0. The Morgan fingerprint density at radius 3 is 2.63 bits per heavy atom. The molecule has 0 bridgehead atoms. The summed E-state index contributed by atoms with van der Waals surface area (Å²) in [5.74, 6) is 1.88. The molecule has 1 heterocycles. The molecule has 1 aromatic heterocycles. The largest absolute Gasteiger partial charge is 0.329 e. The lowest BCUT2D eigenvalue weighted by molar-refractivity contribution is 1.01. The van der Waals surface area contributed by atoms with E-state index in [1.807, 2.05) is 49.3 Å². The molecule has 0 saturated heterocycles. The van der Waals surface area contributed by atoms with Crippen molar-refractivity contribution in [3.8, 4) is 6.19 Å². The maximum atomic E-state index is 8.67. The van der Waals surface area contributed by atoms with Gasteiger partial charge in [0.05, 0.1) is 0 Å². The highest BCUT2D eigenvalue weighted by Gasteiger charge is 2.10. The van der Waals surface area contributed by atoms with E-state index in [-0.39, 0.29) is 0 Å². The molecule has 0 aliphatic carbocycles. The predicted molar refractivity (Wildman–Crippen MR) is 75.2 cm³/mol. The van der Waals surface area contributed by atoms with Crippen LogP contribution >= 0.6 is 0 Å². The fraction of sp³-hybridized carbons (Fsp3) is 0.214. The molecule has 0 radical (unpaired) electrons. The molecule has 0 aliphatic heterocycles. The summed E-state index contributed by atoms with van der Waals surface area (Å²) >= 11 is 0. The molecule has 0 aliphatic rings. The number of hydrogen-bond donors (Lipinski definition) is 1. The zero-order chi connectivity index (χ0) is 13.8. The van der Waals surface area contributed by atoms with E-state index in [1.165, 1.54) is 0 Å². The lowest BCUT2D eigenvalue weighted by Crippen LogP contribution is -2.14. The third-order valence-corrected chi connectivity index (χ3v) is 2.83. The SMILES string of the molecule is Cc1nc(NC#N)cc(N(C)c2ccccc2C)n1. The number of nitrogens with one attached hydrogen (secondary N) is 1. The molecular weight excluding hydrogens is 238 g/mol. The molecule has 5 heteroatoms. The minimum Gasteiger partial charge on any atom is -0.329 e. The molecule has 0 saturated carbocycles. The summed E-state index contributed by atoms with van der Waals surface area (Å²) in [7, 11) is 1.94. The van der Waals surface area contributed by atoms with Crippen LogP contribution in [-0.4, -0.2) is 17.0 Å². The Hall–Kier alpha value is -2.61. The van der Waals surface area contributed by atoms with Crippen molar-refractivity contribution in [3.63, 3.8) is 0 Å². The van der Waals surface area contributed by atoms with Gasteiger partial charge in [-0.25, -0.2) is 9.97 Å². The minimum atomic E-state index is 0.505. The fourth-order valence-corrected chi connectivity index (χ4v) is 1.91. The van der Waals surface area contributed by atoms with E-state index in [2.05, 4.69) is 15.3 Å². The highest BCUT2D eigenvalue weighted by molar-refractivity contribution is 5.65. The average molecular weight is 253 g/mol. The molecule has 5 nitrogen and oxygen atoms in total. The third-order valence-electron chi connectivity index (χ3n) is 2.83. The molecule has 1 N–H and O–H groups in total. The number of nitrogens with zero attached hydrogens (tertiary/aromatic N) is 4. The monoisotopic (exact) mass is 253 g/mol. The molecule has 96 valence electrons. The van der Waals surface area contributed by atoms with Gasteiger partial charge >= 0.3 is 0 Å². The van der Waals surface area contributed by atoms with Crippen LogP contribution < -0.4 is 10.2 Å². The fourth-order valence-electron chi connectivity index (χ4n) is 1.91. The van der Waals surface area contributed by atoms with Crippen molar-refractivity contribution in [2.24, 2.45) is 0 Å². The molecule has 0 atom stereocenters. The maximum Gasteiger partial charge on any atom is 0.182 e. The van der Waals surface area contributed by atoms with Gasteiger partial charge in [-0.3, -0.25) is 5.32 Å². The topological polar surface area (TPSA) is 64.8 Å². The van der Waals surface area contributed by atoms with Crippen LogP contribution in [0.25, 0.3) is 0 Å². The van der Waals surface area contributed by atoms with Gasteiger partial charge in [0.1, 0.15) is 17.5 Å². The Morgan fingerprint density at radius 1 is 1.21 bits per heavy atom. The molecule has 0 spiro atoms. The van der Waals surface area contributed by atoms with Gasteiger partial charge in [0, 0.05) is 18.8 Å². The summed E-state index contributed by atoms with van der Waals surface area (Å²) in [4.78, 5) is 10.5. The van der Waals surface area contributed by atoms with E-state index < -0.39 is 0 Å². The van der Waals surface area contributed by atoms with Gasteiger partial charge in [-0.15, -0.1) is 0 Å². The van der Waals surface area contributed by atoms with E-state index in [4.69, 9.17) is 5.26 Å². The first kappa shape index (κ1) is 12.8. The number of para-hydroxylation sites is 1. The van der Waals surface area contributed by atoms with E-state index in [9.17, 15) is 0 Å². The Kier molecular flexibility index (Phi) is 3.62. The van der Waals surface area contributed by atoms with E-state index >= 15 is 0 Å². The number of benzene rings is 1. The molecule has 2 aromatic rings. The zero-order valence-corrected chi connectivity index (χ0v) is 11.2. The molecule has 0 amide bonds. The number of hydrogen-bond acceptors (Lipinski definition) is 5. The zero-order valence-electron chi connectivity index (χ0n) is 11.2. The average Bonchev–Trinajstić information content (AvgIpc) is 2.38. The van der Waals surface area contributed by atoms with Crippen LogP contribution in [0.3, 0.4) is 0 Å². The lowest BCUT2D eigenvalue weighted by atomic mass is 10.2. The van der Waals surface area contributed by atoms with Crippen LogP contribution in [0.15, 0.2) is 30.3 Å². The van der Waals surface area contributed by atoms with Crippen molar-refractivity contribution in [3.05, 3.63) is 41.7 Å². The molecule has 0 unspecified atom stereocenters. The van der Waals surface area contributed by atoms with Crippen LogP contribution in [0.2, 0.25) is 0 Å². The van der Waals surface area contributed by atoms with Crippen molar-refractivity contribution in [1.29, 1.82) is 5.26 Å². The van der Waals surface area contributed by atoms with Crippen LogP contribution in [0.1, 0.15) is 11.4 Å². The number of anilines is 3. The van der Waals surface area contributed by atoms with Gasteiger partial charge in [0.15, 0.2) is 6.19 Å². The highest BCUT2D eigenvalue weighted by Crippen LogP contribution is 2.26. The number of rotatable bonds is 3. The standard InChI is InChI=1S/C14H15N5/c1-10-6-4-5-7-12(10)19(3)14-8-13(16-9-15)17-11(2)18-14/h4-8H,1-3H3,(H,16,17,18). The maximum absolute atomic E-state index is 8.67. The summed E-state index contributed by atoms with van der Waals surface area (Å²) in [6, 6.07) is 9.82. The van der Waals surface area contributed by atoms with Crippen molar-refractivity contribution in [1.82, 2.24) is 9.97 Å².